The predicted molar refractivity (Wildman–Crippen MR) is 67.7 cm³/mol. The van der Waals surface area contributed by atoms with Crippen LogP contribution in [-0.2, 0) is 15.9 Å². The third kappa shape index (κ3) is 2.30. The molecule has 1 aromatic carbocycles. The number of fused-ring (bicyclic) bond motifs is 1. The molecule has 0 radical (unpaired) electrons. The number of benzene rings is 1. The third-order valence-electron chi connectivity index (χ3n) is 3.49. The Hall–Kier alpha value is -1.61. The molecule has 0 spiro atoms. The molecule has 2 unspecified atom stereocenters. The molecule has 0 saturated carbocycles. The molecule has 1 aliphatic heterocycles. The lowest BCUT2D eigenvalue weighted by Gasteiger charge is -2.43. The van der Waals surface area contributed by atoms with E-state index in [0.717, 1.165) is 5.56 Å². The van der Waals surface area contributed by atoms with Crippen molar-refractivity contribution in [3.63, 3.8) is 0 Å². The summed E-state index contributed by atoms with van der Waals surface area (Å²) in [6.07, 6.45) is -1.06. The quantitative estimate of drug-likeness (QED) is 0.830. The van der Waals surface area contributed by atoms with Crippen LogP contribution in [0.2, 0.25) is 0 Å². The molecule has 5 nitrogen and oxygen atoms in total. The first-order valence-electron chi connectivity index (χ1n) is 6.01. The second-order valence-electron chi connectivity index (χ2n) is 4.74. The van der Waals surface area contributed by atoms with Crippen molar-refractivity contribution in [1.29, 1.82) is 5.26 Å². The zero-order chi connectivity index (χ0) is 14.0. The van der Waals surface area contributed by atoms with Crippen LogP contribution in [0.3, 0.4) is 0 Å². The topological polar surface area (TPSA) is 71.7 Å². The molecule has 1 heterocycles. The van der Waals surface area contributed by atoms with Crippen molar-refractivity contribution in [3.8, 4) is 11.8 Å². The van der Waals surface area contributed by atoms with Crippen molar-refractivity contribution in [2.45, 2.75) is 31.3 Å². The lowest BCUT2D eigenvalue weighted by molar-refractivity contribution is -0.232. The van der Waals surface area contributed by atoms with Gasteiger partial charge in [-0.1, -0.05) is 0 Å². The summed E-state index contributed by atoms with van der Waals surface area (Å²) in [5.41, 5.74) is 0.383. The molecule has 5 heteroatoms. The van der Waals surface area contributed by atoms with E-state index in [0.29, 0.717) is 17.7 Å². The van der Waals surface area contributed by atoms with Crippen LogP contribution in [0.15, 0.2) is 18.2 Å². The van der Waals surface area contributed by atoms with Crippen LogP contribution in [0.25, 0.3) is 0 Å². The van der Waals surface area contributed by atoms with Crippen molar-refractivity contribution >= 4 is 0 Å². The molecule has 0 bridgehead atoms. The normalized spacial score (nSPS) is 25.6. The number of aliphatic hydroxyl groups excluding tert-OH is 1. The summed E-state index contributed by atoms with van der Waals surface area (Å²) in [6.45, 7) is 1.75. The fraction of sp³-hybridized carbons (Fsp3) is 0.500. The highest BCUT2D eigenvalue weighted by Gasteiger charge is 2.47. The summed E-state index contributed by atoms with van der Waals surface area (Å²) in [7, 11) is 3.01. The smallest absolute Gasteiger partial charge is 0.199 e. The van der Waals surface area contributed by atoms with E-state index in [1.54, 1.807) is 25.1 Å². The Morgan fingerprint density at radius 1 is 1.47 bits per heavy atom. The molecule has 19 heavy (non-hydrogen) atoms. The molecule has 0 aliphatic carbocycles. The van der Waals surface area contributed by atoms with Gasteiger partial charge in [-0.15, -0.1) is 0 Å². The second kappa shape index (κ2) is 5.17. The van der Waals surface area contributed by atoms with Crippen molar-refractivity contribution in [2.75, 3.05) is 14.2 Å². The van der Waals surface area contributed by atoms with Gasteiger partial charge in [0, 0.05) is 20.6 Å². The molecule has 0 saturated heterocycles. The zero-order valence-electron chi connectivity index (χ0n) is 11.2. The van der Waals surface area contributed by atoms with Crippen LogP contribution < -0.4 is 4.74 Å². The van der Waals surface area contributed by atoms with Gasteiger partial charge in [0.15, 0.2) is 11.9 Å². The summed E-state index contributed by atoms with van der Waals surface area (Å²) in [4.78, 5) is 0. The molecule has 0 amide bonds. The molecular formula is C14H17NO4. The Morgan fingerprint density at radius 2 is 2.16 bits per heavy atom. The second-order valence-corrected chi connectivity index (χ2v) is 4.74. The van der Waals surface area contributed by atoms with E-state index in [9.17, 15) is 5.11 Å². The first-order valence-corrected chi connectivity index (χ1v) is 6.01. The van der Waals surface area contributed by atoms with Crippen molar-refractivity contribution in [2.24, 2.45) is 0 Å². The number of methoxy groups -OCH3 is 2. The monoisotopic (exact) mass is 263 g/mol. The van der Waals surface area contributed by atoms with Gasteiger partial charge in [0.1, 0.15) is 11.9 Å². The molecule has 1 N–H and O–H groups in total. The Morgan fingerprint density at radius 3 is 2.74 bits per heavy atom. The van der Waals surface area contributed by atoms with E-state index < -0.39 is 18.0 Å². The lowest BCUT2D eigenvalue weighted by atomic mass is 9.88. The number of ether oxygens (including phenoxy) is 3. The van der Waals surface area contributed by atoms with Gasteiger partial charge in [0.2, 0.25) is 0 Å². The molecular weight excluding hydrogens is 246 g/mol. The van der Waals surface area contributed by atoms with Crippen molar-refractivity contribution in [3.05, 3.63) is 29.3 Å². The average molecular weight is 263 g/mol. The summed E-state index contributed by atoms with van der Waals surface area (Å²) in [6, 6.07) is 7.22. The van der Waals surface area contributed by atoms with Gasteiger partial charge in [-0.3, -0.25) is 0 Å². The van der Waals surface area contributed by atoms with Crippen molar-refractivity contribution < 1.29 is 19.3 Å². The maximum Gasteiger partial charge on any atom is 0.199 e. The Balaban J connectivity index is 2.37. The number of hydrogen-bond acceptors (Lipinski definition) is 5. The van der Waals surface area contributed by atoms with Gasteiger partial charge in [0.25, 0.3) is 0 Å². The standard InChI is InChI=1S/C14H17NO4/c1-14(13(17-2)18-3)12(16)7-10-6-9(8-15)4-5-11(10)19-14/h4-6,12-13,16H,7H2,1-3H3. The maximum absolute atomic E-state index is 10.3. The van der Waals surface area contributed by atoms with Gasteiger partial charge in [0.05, 0.1) is 11.6 Å². The highest BCUT2D eigenvalue weighted by Crippen LogP contribution is 2.36. The largest absolute Gasteiger partial charge is 0.479 e. The first-order chi connectivity index (χ1) is 9.05. The Labute approximate surface area is 112 Å². The van der Waals surface area contributed by atoms with E-state index in [2.05, 4.69) is 6.07 Å². The number of nitrogens with zero attached hydrogens (tertiary/aromatic N) is 1. The van der Waals surface area contributed by atoms with Crippen LogP contribution in [0.4, 0.5) is 0 Å². The summed E-state index contributed by atoms with van der Waals surface area (Å²) in [5, 5.41) is 19.2. The highest BCUT2D eigenvalue weighted by molar-refractivity contribution is 5.44. The fourth-order valence-corrected chi connectivity index (χ4v) is 2.39. The molecule has 1 aliphatic rings. The Bertz CT molecular complexity index is 507. The Kier molecular flexibility index (Phi) is 3.76. The fourth-order valence-electron chi connectivity index (χ4n) is 2.39. The van der Waals surface area contributed by atoms with Crippen LogP contribution in [0.5, 0.6) is 5.75 Å². The minimum atomic E-state index is -0.981. The minimum Gasteiger partial charge on any atom is -0.479 e. The van der Waals surface area contributed by atoms with E-state index in [4.69, 9.17) is 19.5 Å². The number of hydrogen-bond donors (Lipinski definition) is 1. The van der Waals surface area contributed by atoms with Gasteiger partial charge in [-0.25, -0.2) is 0 Å². The summed E-state index contributed by atoms with van der Waals surface area (Å²) >= 11 is 0. The zero-order valence-corrected chi connectivity index (χ0v) is 11.2. The van der Waals surface area contributed by atoms with Crippen LogP contribution in [0.1, 0.15) is 18.1 Å². The number of aliphatic hydroxyl groups is 1. The highest BCUT2D eigenvalue weighted by atomic mass is 16.7. The van der Waals surface area contributed by atoms with Crippen molar-refractivity contribution in [1.82, 2.24) is 0 Å². The van der Waals surface area contributed by atoms with Gasteiger partial charge in [-0.05, 0) is 30.7 Å². The van der Waals surface area contributed by atoms with Crippen LogP contribution >= 0.6 is 0 Å². The SMILES string of the molecule is COC(OC)C1(C)Oc2ccc(C#N)cc2CC1O. The molecule has 2 atom stereocenters. The molecule has 2 rings (SSSR count). The average Bonchev–Trinajstić information content (AvgIpc) is 2.41. The third-order valence-corrected chi connectivity index (χ3v) is 3.49. The van der Waals surface area contributed by atoms with E-state index in [-0.39, 0.29) is 0 Å². The molecule has 1 aromatic rings. The molecule has 0 aromatic heterocycles. The van der Waals surface area contributed by atoms with Gasteiger partial charge in [-0.2, -0.15) is 5.26 Å². The van der Waals surface area contributed by atoms with Gasteiger partial charge >= 0.3 is 0 Å². The van der Waals surface area contributed by atoms with Crippen LogP contribution in [-0.4, -0.2) is 37.3 Å². The molecule has 102 valence electrons. The maximum atomic E-state index is 10.3. The minimum absolute atomic E-state index is 0.393. The number of nitriles is 1. The summed E-state index contributed by atoms with van der Waals surface area (Å²) < 4.78 is 16.3. The first kappa shape index (κ1) is 13.8. The molecule has 0 fully saturated rings. The van der Waals surface area contributed by atoms with E-state index in [1.807, 2.05) is 0 Å². The lowest BCUT2D eigenvalue weighted by Crippen LogP contribution is -2.58. The van der Waals surface area contributed by atoms with Crippen LogP contribution in [0, 0.1) is 11.3 Å². The summed E-state index contributed by atoms with van der Waals surface area (Å²) in [5.74, 6) is 0.644. The predicted octanol–water partition coefficient (Wildman–Crippen LogP) is 1.23. The van der Waals surface area contributed by atoms with E-state index in [1.165, 1.54) is 14.2 Å². The number of rotatable bonds is 3. The van der Waals surface area contributed by atoms with E-state index >= 15 is 0 Å². The van der Waals surface area contributed by atoms with Gasteiger partial charge < -0.3 is 19.3 Å².